The largest absolute Gasteiger partial charge is 0.296 e. The Kier molecular flexibility index (Phi) is 4.09. The van der Waals surface area contributed by atoms with Crippen molar-refractivity contribution in [1.29, 1.82) is 0 Å². The van der Waals surface area contributed by atoms with Gasteiger partial charge in [0.05, 0.1) is 6.54 Å². The Morgan fingerprint density at radius 3 is 2.87 bits per heavy atom. The van der Waals surface area contributed by atoms with Crippen molar-refractivity contribution in [3.8, 4) is 0 Å². The van der Waals surface area contributed by atoms with E-state index in [2.05, 4.69) is 30.8 Å². The highest BCUT2D eigenvalue weighted by atomic mass is 79.9. The van der Waals surface area contributed by atoms with Gasteiger partial charge in [0.25, 0.3) is 0 Å². The lowest BCUT2D eigenvalue weighted by Crippen LogP contribution is -2.25. The summed E-state index contributed by atoms with van der Waals surface area (Å²) >= 11 is 3.69. The molecule has 1 aliphatic rings. The van der Waals surface area contributed by atoms with Crippen molar-refractivity contribution >= 4 is 15.9 Å². The van der Waals surface area contributed by atoms with Crippen molar-refractivity contribution in [2.75, 3.05) is 13.1 Å². The Morgan fingerprint density at radius 2 is 2.07 bits per heavy atom. The van der Waals surface area contributed by atoms with Gasteiger partial charge in [-0.2, -0.15) is 0 Å². The van der Waals surface area contributed by atoms with Gasteiger partial charge in [-0.3, -0.25) is 4.90 Å². The molecule has 0 bridgehead atoms. The Balaban J connectivity index is 1.89. The minimum atomic E-state index is 0.694. The fraction of sp³-hybridized carbons (Fsp3) is 0.636. The molecule has 1 saturated heterocycles. The summed E-state index contributed by atoms with van der Waals surface area (Å²) in [6.07, 6.45) is 7.41. The monoisotopic (exact) mass is 269 g/mol. The summed E-state index contributed by atoms with van der Waals surface area (Å²) in [6, 6.07) is 1.86. The van der Waals surface area contributed by atoms with E-state index in [9.17, 15) is 0 Å². The van der Waals surface area contributed by atoms with Gasteiger partial charge in [0, 0.05) is 17.2 Å². The Morgan fingerprint density at radius 1 is 1.27 bits per heavy atom. The van der Waals surface area contributed by atoms with Crippen molar-refractivity contribution in [1.82, 2.24) is 14.9 Å². The van der Waals surface area contributed by atoms with Crippen LogP contribution in [0.2, 0.25) is 0 Å². The molecule has 1 aliphatic heterocycles. The van der Waals surface area contributed by atoms with Gasteiger partial charge in [0.1, 0.15) is 5.82 Å². The Hall–Kier alpha value is -0.480. The van der Waals surface area contributed by atoms with Gasteiger partial charge >= 0.3 is 0 Å². The van der Waals surface area contributed by atoms with E-state index < -0.39 is 0 Å². The zero-order chi connectivity index (χ0) is 10.5. The lowest BCUT2D eigenvalue weighted by Gasteiger charge is -2.18. The summed E-state index contributed by atoms with van der Waals surface area (Å²) < 4.78 is 0. The molecule has 1 fully saturated rings. The Bertz CT molecular complexity index is 291. The van der Waals surface area contributed by atoms with Gasteiger partial charge in [-0.15, -0.1) is 0 Å². The summed E-state index contributed by atoms with van der Waals surface area (Å²) in [5.74, 6) is 0.936. The van der Waals surface area contributed by atoms with Gasteiger partial charge in [0.15, 0.2) is 0 Å². The number of likely N-dealkylation sites (tertiary alicyclic amines) is 1. The topological polar surface area (TPSA) is 29.0 Å². The predicted molar refractivity (Wildman–Crippen MR) is 63.9 cm³/mol. The normalized spacial score (nSPS) is 23.7. The Labute approximate surface area is 99.0 Å². The second kappa shape index (κ2) is 5.56. The van der Waals surface area contributed by atoms with Crippen LogP contribution in [-0.2, 0) is 6.54 Å². The molecule has 2 heterocycles. The third-order valence-electron chi connectivity index (χ3n) is 2.73. The van der Waals surface area contributed by atoms with E-state index in [1.165, 1.54) is 25.8 Å². The molecule has 1 aromatic rings. The maximum atomic E-state index is 4.26. The summed E-state index contributed by atoms with van der Waals surface area (Å²) in [6.45, 7) is 3.20. The number of alkyl halides is 1. The highest BCUT2D eigenvalue weighted by Crippen LogP contribution is 2.18. The van der Waals surface area contributed by atoms with E-state index in [0.29, 0.717) is 4.83 Å². The molecule has 0 saturated carbocycles. The molecular weight excluding hydrogens is 254 g/mol. The van der Waals surface area contributed by atoms with E-state index in [-0.39, 0.29) is 0 Å². The first-order valence-electron chi connectivity index (χ1n) is 5.47. The summed E-state index contributed by atoms with van der Waals surface area (Å²) in [7, 11) is 0. The zero-order valence-electron chi connectivity index (χ0n) is 8.77. The maximum absolute atomic E-state index is 4.26. The van der Waals surface area contributed by atoms with Crippen LogP contribution in [0.1, 0.15) is 25.1 Å². The van der Waals surface area contributed by atoms with Crippen molar-refractivity contribution < 1.29 is 0 Å². The number of hydrogen-bond donors (Lipinski definition) is 0. The van der Waals surface area contributed by atoms with Gasteiger partial charge in [-0.05, 0) is 38.4 Å². The summed E-state index contributed by atoms with van der Waals surface area (Å²) in [5, 5.41) is 0. The smallest absolute Gasteiger partial charge is 0.142 e. The van der Waals surface area contributed by atoms with Crippen LogP contribution >= 0.6 is 15.9 Å². The second-order valence-electron chi connectivity index (χ2n) is 3.97. The van der Waals surface area contributed by atoms with Crippen LogP contribution in [0.4, 0.5) is 0 Å². The van der Waals surface area contributed by atoms with Crippen molar-refractivity contribution in [3.05, 3.63) is 24.3 Å². The van der Waals surface area contributed by atoms with Crippen LogP contribution in [-0.4, -0.2) is 32.8 Å². The van der Waals surface area contributed by atoms with Gasteiger partial charge in [-0.25, -0.2) is 9.97 Å². The van der Waals surface area contributed by atoms with Crippen molar-refractivity contribution in [3.63, 3.8) is 0 Å². The molecule has 82 valence electrons. The molecule has 15 heavy (non-hydrogen) atoms. The minimum Gasteiger partial charge on any atom is -0.296 e. The zero-order valence-corrected chi connectivity index (χ0v) is 10.4. The van der Waals surface area contributed by atoms with E-state index in [4.69, 9.17) is 0 Å². The molecule has 0 aromatic carbocycles. The van der Waals surface area contributed by atoms with E-state index in [0.717, 1.165) is 18.9 Å². The SMILES string of the molecule is BrC1CCCN(Cc2ncccn2)CC1. The lowest BCUT2D eigenvalue weighted by molar-refractivity contribution is 0.270. The molecule has 0 spiro atoms. The molecule has 3 nitrogen and oxygen atoms in total. The highest BCUT2D eigenvalue weighted by molar-refractivity contribution is 9.09. The highest BCUT2D eigenvalue weighted by Gasteiger charge is 2.15. The van der Waals surface area contributed by atoms with E-state index >= 15 is 0 Å². The number of aromatic nitrogens is 2. The molecule has 0 amide bonds. The molecule has 2 rings (SSSR count). The number of halogens is 1. The van der Waals surface area contributed by atoms with Crippen LogP contribution in [0.5, 0.6) is 0 Å². The first kappa shape index (κ1) is 11.0. The average Bonchev–Trinajstić information content (AvgIpc) is 2.46. The molecule has 0 aliphatic carbocycles. The number of rotatable bonds is 2. The van der Waals surface area contributed by atoms with Crippen LogP contribution < -0.4 is 0 Å². The van der Waals surface area contributed by atoms with E-state index in [1.807, 2.05) is 18.5 Å². The maximum Gasteiger partial charge on any atom is 0.142 e. The third-order valence-corrected chi connectivity index (χ3v) is 3.65. The molecule has 0 N–H and O–H groups in total. The quantitative estimate of drug-likeness (QED) is 0.772. The van der Waals surface area contributed by atoms with Crippen LogP contribution in [0.25, 0.3) is 0 Å². The predicted octanol–water partition coefficient (Wildman–Crippen LogP) is 2.23. The standard InChI is InChI=1S/C11H16BrN3/c12-10-3-1-7-15(8-4-10)9-11-13-5-2-6-14-11/h2,5-6,10H,1,3-4,7-9H2. The van der Waals surface area contributed by atoms with Crippen LogP contribution in [0.3, 0.4) is 0 Å². The van der Waals surface area contributed by atoms with Gasteiger partial charge < -0.3 is 0 Å². The average molecular weight is 270 g/mol. The summed E-state index contributed by atoms with van der Waals surface area (Å²) in [5.41, 5.74) is 0. The molecular formula is C11H16BrN3. The first-order chi connectivity index (χ1) is 7.34. The van der Waals surface area contributed by atoms with Crippen LogP contribution in [0.15, 0.2) is 18.5 Å². The van der Waals surface area contributed by atoms with Crippen molar-refractivity contribution in [2.24, 2.45) is 0 Å². The van der Waals surface area contributed by atoms with Crippen LogP contribution in [0, 0.1) is 0 Å². The number of hydrogen-bond acceptors (Lipinski definition) is 3. The van der Waals surface area contributed by atoms with E-state index in [1.54, 1.807) is 0 Å². The van der Waals surface area contributed by atoms with Gasteiger partial charge in [0.2, 0.25) is 0 Å². The van der Waals surface area contributed by atoms with Crippen molar-refractivity contribution in [2.45, 2.75) is 30.6 Å². The molecule has 1 atom stereocenters. The fourth-order valence-electron chi connectivity index (χ4n) is 1.88. The molecule has 0 radical (unpaired) electrons. The third kappa shape index (κ3) is 3.54. The fourth-order valence-corrected chi connectivity index (χ4v) is 2.41. The number of nitrogens with zero attached hydrogens (tertiary/aromatic N) is 3. The van der Waals surface area contributed by atoms with Gasteiger partial charge in [-0.1, -0.05) is 15.9 Å². The molecule has 1 aromatic heterocycles. The minimum absolute atomic E-state index is 0.694. The second-order valence-corrected chi connectivity index (χ2v) is 5.26. The molecule has 1 unspecified atom stereocenters. The first-order valence-corrected chi connectivity index (χ1v) is 6.38. The lowest BCUT2D eigenvalue weighted by atomic mass is 10.2. The molecule has 4 heteroatoms. The summed E-state index contributed by atoms with van der Waals surface area (Å²) in [4.78, 5) is 11.7.